The molecule has 0 saturated carbocycles. The van der Waals surface area contributed by atoms with Gasteiger partial charge in [0.15, 0.2) is 0 Å². The summed E-state index contributed by atoms with van der Waals surface area (Å²) >= 11 is 0. The van der Waals surface area contributed by atoms with Gasteiger partial charge in [-0.3, -0.25) is 10.1 Å². The lowest BCUT2D eigenvalue weighted by Crippen LogP contribution is -2.14. The van der Waals surface area contributed by atoms with Crippen LogP contribution in [0.4, 0.5) is 17.1 Å². The van der Waals surface area contributed by atoms with Crippen molar-refractivity contribution in [1.82, 2.24) is 0 Å². The number of nitro benzene ring substituents is 1. The number of benzene rings is 4. The van der Waals surface area contributed by atoms with Crippen LogP contribution in [0.2, 0.25) is 0 Å². The number of aliphatic imine (C=N–C) groups is 1. The average Bonchev–Trinajstić information content (AvgIpc) is 2.79. The Labute approximate surface area is 185 Å². The molecule has 4 rings (SSSR count). The first-order valence-corrected chi connectivity index (χ1v) is 9.36. The molecule has 1 N–H and O–H groups in total. The molecule has 156 valence electrons. The van der Waals surface area contributed by atoms with Gasteiger partial charge in [-0.05, 0) is 47.2 Å². The third-order valence-corrected chi connectivity index (χ3v) is 4.70. The second-order valence-corrected chi connectivity index (χ2v) is 6.61. The number of methoxy groups -OCH3 is 1. The first-order valence-electron chi connectivity index (χ1n) is 9.36. The number of non-ortho nitro benzene ring substituents is 1. The van der Waals surface area contributed by atoms with E-state index >= 15 is 0 Å². The SMILES string of the molecule is COc1ccc(NC(=Nc2ccc([N+](=O)[O-])cc2)c2cccc3ccccc23)cc1.Cl. The molecule has 0 radical (unpaired) electrons. The van der Waals surface area contributed by atoms with Gasteiger partial charge in [0.2, 0.25) is 0 Å². The van der Waals surface area contributed by atoms with Crippen LogP contribution in [0, 0.1) is 10.1 Å². The largest absolute Gasteiger partial charge is 0.497 e. The highest BCUT2D eigenvalue weighted by molar-refractivity contribution is 6.16. The summed E-state index contributed by atoms with van der Waals surface area (Å²) in [6.45, 7) is 0. The van der Waals surface area contributed by atoms with E-state index in [1.54, 1.807) is 19.2 Å². The summed E-state index contributed by atoms with van der Waals surface area (Å²) in [6.07, 6.45) is 0. The van der Waals surface area contributed by atoms with Crippen molar-refractivity contribution in [3.8, 4) is 5.75 Å². The Morgan fingerprint density at radius 3 is 2.26 bits per heavy atom. The molecule has 0 spiro atoms. The number of nitrogens with zero attached hydrogens (tertiary/aromatic N) is 2. The zero-order valence-electron chi connectivity index (χ0n) is 16.7. The standard InChI is InChI=1S/C24H19N3O3.ClH/c1-30-21-15-11-19(12-16-21)26-24(25-18-9-13-20(14-10-18)27(28)29)23-8-4-6-17-5-2-3-7-22(17)23;/h2-16H,1H3,(H,25,26);1H. The van der Waals surface area contributed by atoms with E-state index < -0.39 is 4.92 Å². The zero-order valence-corrected chi connectivity index (χ0v) is 17.5. The molecule has 4 aromatic carbocycles. The molecule has 4 aromatic rings. The molecule has 0 atom stereocenters. The second-order valence-electron chi connectivity index (χ2n) is 6.61. The van der Waals surface area contributed by atoms with Crippen LogP contribution < -0.4 is 10.1 Å². The number of amidine groups is 1. The van der Waals surface area contributed by atoms with Crippen LogP contribution in [0.15, 0.2) is 96.0 Å². The van der Waals surface area contributed by atoms with Gasteiger partial charge in [0.05, 0.1) is 17.7 Å². The molecule has 6 nitrogen and oxygen atoms in total. The van der Waals surface area contributed by atoms with Crippen LogP contribution in [0.3, 0.4) is 0 Å². The van der Waals surface area contributed by atoms with Crippen LogP contribution >= 0.6 is 12.4 Å². The maximum Gasteiger partial charge on any atom is 0.269 e. The van der Waals surface area contributed by atoms with Gasteiger partial charge >= 0.3 is 0 Å². The first kappa shape index (κ1) is 21.8. The van der Waals surface area contributed by atoms with Gasteiger partial charge < -0.3 is 10.1 Å². The predicted molar refractivity (Wildman–Crippen MR) is 127 cm³/mol. The molecule has 0 saturated heterocycles. The number of nitrogens with one attached hydrogen (secondary N) is 1. The summed E-state index contributed by atoms with van der Waals surface area (Å²) < 4.78 is 5.23. The molecule has 0 fully saturated rings. The maximum absolute atomic E-state index is 10.9. The molecule has 7 heteroatoms. The summed E-state index contributed by atoms with van der Waals surface area (Å²) in [5, 5.41) is 16.5. The molecule has 0 aliphatic carbocycles. The molecule has 0 heterocycles. The molecule has 0 bridgehead atoms. The van der Waals surface area contributed by atoms with Crippen LogP contribution in [0.5, 0.6) is 5.75 Å². The number of hydrogen-bond acceptors (Lipinski definition) is 4. The van der Waals surface area contributed by atoms with E-state index in [0.29, 0.717) is 11.5 Å². The van der Waals surface area contributed by atoms with Crippen LogP contribution in [0.1, 0.15) is 5.56 Å². The molecule has 0 aliphatic heterocycles. The van der Waals surface area contributed by atoms with E-state index in [1.165, 1.54) is 12.1 Å². The van der Waals surface area contributed by atoms with E-state index in [1.807, 2.05) is 54.6 Å². The fourth-order valence-corrected chi connectivity index (χ4v) is 3.18. The highest BCUT2D eigenvalue weighted by Gasteiger charge is 2.10. The molecular formula is C24H20ClN3O3. The zero-order chi connectivity index (χ0) is 20.9. The normalized spacial score (nSPS) is 10.9. The Balaban J connectivity index is 0.00000272. The van der Waals surface area contributed by atoms with Crippen molar-refractivity contribution in [1.29, 1.82) is 0 Å². The number of nitro groups is 1. The Hall–Kier alpha value is -3.90. The monoisotopic (exact) mass is 433 g/mol. The summed E-state index contributed by atoms with van der Waals surface area (Å²) in [5.74, 6) is 1.41. The topological polar surface area (TPSA) is 76.8 Å². The number of rotatable bonds is 5. The minimum atomic E-state index is -0.422. The Bertz CT molecular complexity index is 1220. The van der Waals surface area contributed by atoms with Gasteiger partial charge in [0.25, 0.3) is 5.69 Å². The molecule has 31 heavy (non-hydrogen) atoms. The highest BCUT2D eigenvalue weighted by Crippen LogP contribution is 2.25. The lowest BCUT2D eigenvalue weighted by molar-refractivity contribution is -0.384. The van der Waals surface area contributed by atoms with E-state index in [-0.39, 0.29) is 18.1 Å². The third kappa shape index (κ3) is 4.99. The number of ether oxygens (including phenoxy) is 1. The lowest BCUT2D eigenvalue weighted by Gasteiger charge is -2.13. The fourth-order valence-electron chi connectivity index (χ4n) is 3.18. The Morgan fingerprint density at radius 1 is 0.903 bits per heavy atom. The van der Waals surface area contributed by atoms with Gasteiger partial charge in [0.1, 0.15) is 11.6 Å². The van der Waals surface area contributed by atoms with Gasteiger partial charge in [-0.2, -0.15) is 0 Å². The Morgan fingerprint density at radius 2 is 1.58 bits per heavy atom. The molecule has 0 amide bonds. The van der Waals surface area contributed by atoms with Crippen molar-refractivity contribution >= 4 is 46.1 Å². The molecule has 0 aromatic heterocycles. The fraction of sp³-hybridized carbons (Fsp3) is 0.0417. The molecular weight excluding hydrogens is 414 g/mol. The molecule has 0 unspecified atom stereocenters. The number of halogens is 1. The van der Waals surface area contributed by atoms with Gasteiger partial charge in [-0.15, -0.1) is 12.4 Å². The number of hydrogen-bond donors (Lipinski definition) is 1. The number of fused-ring (bicyclic) bond motifs is 1. The molecule has 0 aliphatic rings. The van der Waals surface area contributed by atoms with Crippen molar-refractivity contribution in [3.05, 3.63) is 107 Å². The minimum absolute atomic E-state index is 0. The summed E-state index contributed by atoms with van der Waals surface area (Å²) in [5.41, 5.74) is 2.43. The van der Waals surface area contributed by atoms with Gasteiger partial charge in [-0.1, -0.05) is 42.5 Å². The Kier molecular flexibility index (Phi) is 6.85. The average molecular weight is 434 g/mol. The smallest absolute Gasteiger partial charge is 0.269 e. The lowest BCUT2D eigenvalue weighted by atomic mass is 10.0. The van der Waals surface area contributed by atoms with Crippen LogP contribution in [-0.2, 0) is 0 Å². The predicted octanol–water partition coefficient (Wildman–Crippen LogP) is 6.37. The summed E-state index contributed by atoms with van der Waals surface area (Å²) in [7, 11) is 1.63. The highest BCUT2D eigenvalue weighted by atomic mass is 35.5. The first-order chi connectivity index (χ1) is 14.6. The van der Waals surface area contributed by atoms with Crippen LogP contribution in [-0.4, -0.2) is 17.9 Å². The summed E-state index contributed by atoms with van der Waals surface area (Å²) in [6, 6.07) is 27.9. The number of anilines is 1. The quantitative estimate of drug-likeness (QED) is 0.172. The van der Waals surface area contributed by atoms with Crippen molar-refractivity contribution < 1.29 is 9.66 Å². The van der Waals surface area contributed by atoms with Crippen molar-refractivity contribution in [2.45, 2.75) is 0 Å². The summed E-state index contributed by atoms with van der Waals surface area (Å²) in [4.78, 5) is 15.3. The maximum atomic E-state index is 10.9. The second kappa shape index (κ2) is 9.73. The van der Waals surface area contributed by atoms with Gasteiger partial charge in [-0.25, -0.2) is 4.99 Å². The minimum Gasteiger partial charge on any atom is -0.497 e. The van der Waals surface area contributed by atoms with E-state index in [4.69, 9.17) is 9.73 Å². The van der Waals surface area contributed by atoms with Crippen LogP contribution in [0.25, 0.3) is 10.8 Å². The van der Waals surface area contributed by atoms with E-state index in [9.17, 15) is 10.1 Å². The van der Waals surface area contributed by atoms with E-state index in [2.05, 4.69) is 17.4 Å². The van der Waals surface area contributed by atoms with Crippen molar-refractivity contribution in [2.24, 2.45) is 4.99 Å². The third-order valence-electron chi connectivity index (χ3n) is 4.70. The van der Waals surface area contributed by atoms with Crippen molar-refractivity contribution in [3.63, 3.8) is 0 Å². The van der Waals surface area contributed by atoms with Gasteiger partial charge in [0, 0.05) is 23.4 Å². The van der Waals surface area contributed by atoms with Crippen molar-refractivity contribution in [2.75, 3.05) is 12.4 Å². The van der Waals surface area contributed by atoms with E-state index in [0.717, 1.165) is 27.8 Å².